The Labute approximate surface area is 136 Å². The fourth-order valence-corrected chi connectivity index (χ4v) is 1.84. The minimum atomic E-state index is -1.34. The van der Waals surface area contributed by atoms with Gasteiger partial charge < -0.3 is 26.0 Å². The van der Waals surface area contributed by atoms with Crippen LogP contribution in [0.25, 0.3) is 0 Å². The van der Waals surface area contributed by atoms with Gasteiger partial charge in [0.1, 0.15) is 11.6 Å². The lowest BCUT2D eigenvalue weighted by molar-refractivity contribution is -0.144. The quantitative estimate of drug-likeness (QED) is 0.529. The Morgan fingerprint density at radius 1 is 1.09 bits per heavy atom. The molecule has 0 saturated heterocycles. The van der Waals surface area contributed by atoms with Gasteiger partial charge in [-0.15, -0.1) is 0 Å². The van der Waals surface area contributed by atoms with Crippen molar-refractivity contribution in [3.05, 3.63) is 0 Å². The third-order valence-corrected chi connectivity index (χ3v) is 3.00. The largest absolute Gasteiger partial charge is 0.481 e. The van der Waals surface area contributed by atoms with Crippen LogP contribution in [-0.2, 0) is 14.3 Å². The second-order valence-corrected chi connectivity index (χ2v) is 7.34. The first-order valence-electron chi connectivity index (χ1n) is 7.45. The van der Waals surface area contributed by atoms with E-state index >= 15 is 0 Å². The maximum absolute atomic E-state index is 11.7. The zero-order valence-corrected chi connectivity index (χ0v) is 14.4. The molecule has 2 atom stereocenters. The summed E-state index contributed by atoms with van der Waals surface area (Å²) in [5.74, 6) is -3.35. The molecule has 1 unspecified atom stereocenters. The standard InChI is InChI=1S/C15H28N2O6/c1-14(2,3)23-13(22)17-10(12(20)21)8-9(11(18)19)6-7-15(4,5)16/h9-10H,6-8,16H2,1-5H3,(H,17,22)(H,18,19)(H,20,21)/t9?,10-/m0/s1. The van der Waals surface area contributed by atoms with E-state index in [0.29, 0.717) is 6.42 Å². The number of aliphatic carboxylic acids is 2. The minimum absolute atomic E-state index is 0.221. The monoisotopic (exact) mass is 332 g/mol. The average Bonchev–Trinajstić information content (AvgIpc) is 2.28. The summed E-state index contributed by atoms with van der Waals surface area (Å²) in [6, 6.07) is -1.34. The van der Waals surface area contributed by atoms with Crippen LogP contribution < -0.4 is 11.1 Å². The van der Waals surface area contributed by atoms with Crippen molar-refractivity contribution in [2.24, 2.45) is 11.7 Å². The van der Waals surface area contributed by atoms with Crippen molar-refractivity contribution in [2.45, 2.75) is 71.1 Å². The van der Waals surface area contributed by atoms with Crippen LogP contribution in [0, 0.1) is 5.92 Å². The molecule has 0 bridgehead atoms. The van der Waals surface area contributed by atoms with Gasteiger partial charge in [0.25, 0.3) is 0 Å². The molecule has 0 saturated carbocycles. The Bertz CT molecular complexity index is 436. The molecule has 0 aromatic rings. The molecule has 8 heteroatoms. The van der Waals surface area contributed by atoms with Crippen molar-refractivity contribution in [3.8, 4) is 0 Å². The summed E-state index contributed by atoms with van der Waals surface area (Å²) < 4.78 is 4.99. The number of ether oxygens (including phenoxy) is 1. The topological polar surface area (TPSA) is 139 Å². The maximum atomic E-state index is 11.7. The van der Waals surface area contributed by atoms with Gasteiger partial charge in [-0.1, -0.05) is 0 Å². The Balaban J connectivity index is 4.84. The highest BCUT2D eigenvalue weighted by atomic mass is 16.6. The molecular weight excluding hydrogens is 304 g/mol. The highest BCUT2D eigenvalue weighted by molar-refractivity contribution is 5.81. The summed E-state index contributed by atoms with van der Waals surface area (Å²) >= 11 is 0. The lowest BCUT2D eigenvalue weighted by Crippen LogP contribution is -2.45. The van der Waals surface area contributed by atoms with E-state index in [9.17, 15) is 24.6 Å². The summed E-state index contributed by atoms with van der Waals surface area (Å²) in [7, 11) is 0. The Morgan fingerprint density at radius 3 is 1.96 bits per heavy atom. The number of carbonyl (C=O) groups excluding carboxylic acids is 1. The fourth-order valence-electron chi connectivity index (χ4n) is 1.84. The number of nitrogens with two attached hydrogens (primary N) is 1. The molecule has 0 fully saturated rings. The highest BCUT2D eigenvalue weighted by Crippen LogP contribution is 2.19. The van der Waals surface area contributed by atoms with Crippen LogP contribution in [0.5, 0.6) is 0 Å². The van der Waals surface area contributed by atoms with Gasteiger partial charge in [-0.2, -0.15) is 0 Å². The number of carboxylic acids is 2. The van der Waals surface area contributed by atoms with Gasteiger partial charge in [0, 0.05) is 5.54 Å². The van der Waals surface area contributed by atoms with E-state index in [2.05, 4.69) is 5.32 Å². The van der Waals surface area contributed by atoms with E-state index in [1.54, 1.807) is 34.6 Å². The summed E-state index contributed by atoms with van der Waals surface area (Å²) in [5, 5.41) is 20.6. The molecule has 0 rings (SSSR count). The van der Waals surface area contributed by atoms with Crippen LogP contribution in [0.4, 0.5) is 4.79 Å². The van der Waals surface area contributed by atoms with Crippen LogP contribution in [0.3, 0.4) is 0 Å². The van der Waals surface area contributed by atoms with E-state index in [1.807, 2.05) is 0 Å². The van der Waals surface area contributed by atoms with Gasteiger partial charge in [0.05, 0.1) is 5.92 Å². The van der Waals surface area contributed by atoms with E-state index in [0.717, 1.165) is 0 Å². The second-order valence-electron chi connectivity index (χ2n) is 7.34. The van der Waals surface area contributed by atoms with Gasteiger partial charge in [-0.3, -0.25) is 4.79 Å². The fraction of sp³-hybridized carbons (Fsp3) is 0.800. The predicted octanol–water partition coefficient (Wildman–Crippen LogP) is 1.57. The van der Waals surface area contributed by atoms with Crippen LogP contribution in [0.15, 0.2) is 0 Å². The smallest absolute Gasteiger partial charge is 0.408 e. The summed E-state index contributed by atoms with van der Waals surface area (Å²) in [6.07, 6.45) is -0.491. The van der Waals surface area contributed by atoms with E-state index in [-0.39, 0.29) is 12.8 Å². The lowest BCUT2D eigenvalue weighted by Gasteiger charge is -2.25. The molecule has 0 aliphatic carbocycles. The summed E-state index contributed by atoms with van der Waals surface area (Å²) in [6.45, 7) is 8.46. The highest BCUT2D eigenvalue weighted by Gasteiger charge is 2.30. The number of carboxylic acid groups (broad SMARTS) is 2. The molecule has 1 amide bonds. The molecule has 0 radical (unpaired) electrons. The SMILES string of the molecule is CC(C)(N)CCC(C[C@H](NC(=O)OC(C)(C)C)C(=O)O)C(=O)O. The normalized spacial score (nSPS) is 14.7. The van der Waals surface area contributed by atoms with Crippen LogP contribution in [0.1, 0.15) is 53.9 Å². The molecule has 8 nitrogen and oxygen atoms in total. The van der Waals surface area contributed by atoms with Crippen molar-refractivity contribution in [1.82, 2.24) is 5.32 Å². The first-order valence-corrected chi connectivity index (χ1v) is 7.45. The number of nitrogens with one attached hydrogen (secondary N) is 1. The number of amides is 1. The van der Waals surface area contributed by atoms with E-state index in [1.165, 1.54) is 0 Å². The molecular formula is C15H28N2O6. The molecule has 0 heterocycles. The summed E-state index contributed by atoms with van der Waals surface area (Å²) in [5.41, 5.74) is 4.50. The van der Waals surface area contributed by atoms with Crippen molar-refractivity contribution >= 4 is 18.0 Å². The van der Waals surface area contributed by atoms with Crippen LogP contribution in [-0.4, -0.2) is 45.4 Å². The van der Waals surface area contributed by atoms with Crippen molar-refractivity contribution in [2.75, 3.05) is 0 Å². The Morgan fingerprint density at radius 2 is 1.61 bits per heavy atom. The zero-order valence-electron chi connectivity index (χ0n) is 14.4. The van der Waals surface area contributed by atoms with Crippen molar-refractivity contribution in [1.29, 1.82) is 0 Å². The predicted molar refractivity (Wildman–Crippen MR) is 84.0 cm³/mol. The summed E-state index contributed by atoms with van der Waals surface area (Å²) in [4.78, 5) is 34.3. The number of alkyl carbamates (subject to hydrolysis) is 1. The van der Waals surface area contributed by atoms with Crippen molar-refractivity contribution < 1.29 is 29.3 Å². The number of hydrogen-bond acceptors (Lipinski definition) is 5. The van der Waals surface area contributed by atoms with Gasteiger partial charge in [-0.05, 0) is 53.9 Å². The Kier molecular flexibility index (Phi) is 7.50. The van der Waals surface area contributed by atoms with Gasteiger partial charge in [-0.25, -0.2) is 9.59 Å². The van der Waals surface area contributed by atoms with Crippen molar-refractivity contribution in [3.63, 3.8) is 0 Å². The molecule has 0 aromatic carbocycles. The molecule has 23 heavy (non-hydrogen) atoms. The zero-order chi connectivity index (χ0) is 18.4. The molecule has 0 aliphatic rings. The van der Waals surface area contributed by atoms with Gasteiger partial charge >= 0.3 is 18.0 Å². The molecule has 0 spiro atoms. The third kappa shape index (κ3) is 10.5. The van der Waals surface area contributed by atoms with E-state index < -0.39 is 41.1 Å². The minimum Gasteiger partial charge on any atom is -0.481 e. The van der Waals surface area contributed by atoms with Gasteiger partial charge in [0.15, 0.2) is 0 Å². The van der Waals surface area contributed by atoms with Crippen LogP contribution >= 0.6 is 0 Å². The number of hydrogen-bond donors (Lipinski definition) is 4. The second kappa shape index (κ2) is 8.14. The van der Waals surface area contributed by atoms with Crippen LogP contribution in [0.2, 0.25) is 0 Å². The average molecular weight is 332 g/mol. The number of carbonyl (C=O) groups is 3. The molecule has 0 aliphatic heterocycles. The third-order valence-electron chi connectivity index (χ3n) is 3.00. The maximum Gasteiger partial charge on any atom is 0.408 e. The molecule has 134 valence electrons. The first-order chi connectivity index (χ1) is 10.2. The number of rotatable bonds is 8. The first kappa shape index (κ1) is 21.2. The van der Waals surface area contributed by atoms with E-state index in [4.69, 9.17) is 10.5 Å². The molecule has 0 aromatic heterocycles. The Hall–Kier alpha value is -1.83. The lowest BCUT2D eigenvalue weighted by atomic mass is 9.89. The van der Waals surface area contributed by atoms with Gasteiger partial charge in [0.2, 0.25) is 0 Å². The molecule has 5 N–H and O–H groups in total.